The predicted octanol–water partition coefficient (Wildman–Crippen LogP) is 9.42. The summed E-state index contributed by atoms with van der Waals surface area (Å²) in [7, 11) is 0. The lowest BCUT2D eigenvalue weighted by Crippen LogP contribution is -2.07. The number of carboxylic acids is 2. The normalized spacial score (nSPS) is 12.0. The lowest BCUT2D eigenvalue weighted by Gasteiger charge is -2.16. The van der Waals surface area contributed by atoms with Crippen LogP contribution in [-0.2, 0) is 9.59 Å². The Balaban J connectivity index is 0.000000549. The summed E-state index contributed by atoms with van der Waals surface area (Å²) >= 11 is 0. The lowest BCUT2D eigenvalue weighted by atomic mass is 9.88. The second kappa shape index (κ2) is 21.8. The van der Waals surface area contributed by atoms with Gasteiger partial charge in [0.25, 0.3) is 11.4 Å². The second-order valence-corrected chi connectivity index (χ2v) is 11.0. The Morgan fingerprint density at radius 2 is 1.23 bits per heavy atom. The van der Waals surface area contributed by atoms with Crippen LogP contribution in [0.4, 0.5) is 11.4 Å². The smallest absolute Gasteiger partial charge is 0.310 e. The van der Waals surface area contributed by atoms with Crippen LogP contribution in [0.1, 0.15) is 133 Å². The van der Waals surface area contributed by atoms with Gasteiger partial charge in [-0.2, -0.15) is 0 Å². The first-order valence-electron chi connectivity index (χ1n) is 15.5. The Labute approximate surface area is 254 Å². The summed E-state index contributed by atoms with van der Waals surface area (Å²) < 4.78 is 0. The van der Waals surface area contributed by atoms with Crippen molar-refractivity contribution in [3.63, 3.8) is 0 Å². The average Bonchev–Trinajstić information content (AvgIpc) is 2.99. The highest BCUT2D eigenvalue weighted by Gasteiger charge is 2.22. The minimum atomic E-state index is -0.946. The van der Waals surface area contributed by atoms with Gasteiger partial charge in [0.15, 0.2) is 0 Å². The molecule has 10 heteroatoms. The van der Waals surface area contributed by atoms with Gasteiger partial charge < -0.3 is 10.2 Å². The summed E-state index contributed by atoms with van der Waals surface area (Å²) in [4.78, 5) is 42.3. The van der Waals surface area contributed by atoms with E-state index in [0.29, 0.717) is 17.5 Å². The van der Waals surface area contributed by atoms with E-state index in [4.69, 9.17) is 10.2 Å². The number of rotatable bonds is 21. The summed E-state index contributed by atoms with van der Waals surface area (Å²) in [6, 6.07) is 12.3. The molecular formula is C33H48N2O8. The first-order valence-corrected chi connectivity index (χ1v) is 15.5. The van der Waals surface area contributed by atoms with Gasteiger partial charge in [0.05, 0.1) is 15.8 Å². The van der Waals surface area contributed by atoms with Crippen LogP contribution in [-0.4, -0.2) is 32.0 Å². The van der Waals surface area contributed by atoms with Gasteiger partial charge in [-0.05, 0) is 31.2 Å². The van der Waals surface area contributed by atoms with Crippen molar-refractivity contribution in [3.05, 3.63) is 79.9 Å². The molecule has 2 rings (SSSR count). The molecule has 0 bridgehead atoms. The van der Waals surface area contributed by atoms with Crippen molar-refractivity contribution in [2.75, 3.05) is 0 Å². The van der Waals surface area contributed by atoms with E-state index in [0.717, 1.165) is 19.3 Å². The van der Waals surface area contributed by atoms with E-state index in [1.54, 1.807) is 18.2 Å². The summed E-state index contributed by atoms with van der Waals surface area (Å²) in [5.41, 5.74) is 1.32. The molecule has 238 valence electrons. The summed E-state index contributed by atoms with van der Waals surface area (Å²) in [5, 5.41) is 39.3. The molecule has 0 radical (unpaired) electrons. The number of nitrogens with zero attached hydrogens (tertiary/aromatic N) is 2. The highest BCUT2D eigenvalue weighted by molar-refractivity contribution is 5.75. The molecule has 2 N–H and O–H groups in total. The zero-order valence-electron chi connectivity index (χ0n) is 25.6. The Morgan fingerprint density at radius 1 is 0.721 bits per heavy atom. The number of nitro benzene ring substituents is 2. The maximum absolute atomic E-state index is 11.3. The van der Waals surface area contributed by atoms with Crippen LogP contribution >= 0.6 is 0 Å². The van der Waals surface area contributed by atoms with Crippen LogP contribution < -0.4 is 0 Å². The number of non-ortho nitro benzene ring substituents is 1. The zero-order valence-corrected chi connectivity index (χ0v) is 25.6. The highest BCUT2D eigenvalue weighted by atomic mass is 16.6. The van der Waals surface area contributed by atoms with Gasteiger partial charge in [-0.3, -0.25) is 29.8 Å². The summed E-state index contributed by atoms with van der Waals surface area (Å²) in [6.45, 7) is 3.78. The van der Waals surface area contributed by atoms with Crippen LogP contribution in [0.3, 0.4) is 0 Å². The van der Waals surface area contributed by atoms with E-state index < -0.39 is 22.8 Å². The molecule has 0 heterocycles. The van der Waals surface area contributed by atoms with Gasteiger partial charge >= 0.3 is 11.9 Å². The third-order valence-electron chi connectivity index (χ3n) is 7.66. The monoisotopic (exact) mass is 600 g/mol. The van der Waals surface area contributed by atoms with E-state index in [-0.39, 0.29) is 28.6 Å². The minimum Gasteiger partial charge on any atom is -0.481 e. The van der Waals surface area contributed by atoms with Crippen molar-refractivity contribution >= 4 is 23.3 Å². The molecule has 0 aliphatic carbocycles. The van der Waals surface area contributed by atoms with Gasteiger partial charge in [-0.25, -0.2) is 0 Å². The molecule has 0 saturated carbocycles. The second-order valence-electron chi connectivity index (χ2n) is 11.0. The van der Waals surface area contributed by atoms with Crippen LogP contribution in [0.25, 0.3) is 0 Å². The van der Waals surface area contributed by atoms with Crippen molar-refractivity contribution in [1.82, 2.24) is 0 Å². The van der Waals surface area contributed by atoms with Gasteiger partial charge in [0.1, 0.15) is 0 Å². The third kappa shape index (κ3) is 15.8. The number of para-hydroxylation sites is 1. The number of hydrogen-bond donors (Lipinski definition) is 2. The number of hydrogen-bond acceptors (Lipinski definition) is 6. The summed E-state index contributed by atoms with van der Waals surface area (Å²) in [6.07, 6.45) is 16.6. The highest BCUT2D eigenvalue weighted by Crippen LogP contribution is 2.33. The van der Waals surface area contributed by atoms with E-state index in [1.165, 1.54) is 101 Å². The van der Waals surface area contributed by atoms with Gasteiger partial charge in [-0.15, -0.1) is 0 Å². The molecule has 0 aliphatic heterocycles. The molecule has 0 spiro atoms. The standard InChI is InChI=1S/C24H39NO4.C9H9NO4/c1-2-3-4-5-6-7-8-9-10-11-12-13-16-21(19-20-24(26)27)22-17-14-15-18-23(22)25(28)29;1-6(9(11)12)7-2-4-8(5-3-7)10(13)14/h14-15,17-18,21H,2-13,16,19-20H2,1H3,(H,26,27);2-6H,1H3,(H,11,12). The first kappa shape index (κ1) is 37.2. The third-order valence-corrected chi connectivity index (χ3v) is 7.66. The fourth-order valence-electron chi connectivity index (χ4n) is 5.01. The quantitative estimate of drug-likeness (QED) is 0.0813. The van der Waals surface area contributed by atoms with E-state index in [2.05, 4.69) is 6.92 Å². The average molecular weight is 601 g/mol. The van der Waals surface area contributed by atoms with Gasteiger partial charge in [0.2, 0.25) is 0 Å². The van der Waals surface area contributed by atoms with Crippen molar-refractivity contribution in [3.8, 4) is 0 Å². The molecule has 10 nitrogen and oxygen atoms in total. The Morgan fingerprint density at radius 3 is 1.70 bits per heavy atom. The molecule has 2 atom stereocenters. The fraction of sp³-hybridized carbons (Fsp3) is 0.576. The topological polar surface area (TPSA) is 161 Å². The van der Waals surface area contributed by atoms with Gasteiger partial charge in [0, 0.05) is 30.2 Å². The number of unbranched alkanes of at least 4 members (excludes halogenated alkanes) is 11. The van der Waals surface area contributed by atoms with E-state index in [1.807, 2.05) is 0 Å². The SMILES string of the molecule is CC(C(=O)O)c1ccc([N+](=O)[O-])cc1.CCCCCCCCCCCCCCC(CCC(=O)O)c1ccccc1[N+](=O)[O-]. The Hall–Kier alpha value is -3.82. The molecule has 0 aromatic heterocycles. The predicted molar refractivity (Wildman–Crippen MR) is 168 cm³/mol. The van der Waals surface area contributed by atoms with Crippen LogP contribution in [0.5, 0.6) is 0 Å². The fourth-order valence-corrected chi connectivity index (χ4v) is 5.01. The maximum Gasteiger partial charge on any atom is 0.310 e. The first-order chi connectivity index (χ1) is 20.6. The number of nitro groups is 2. The number of benzene rings is 2. The Bertz CT molecular complexity index is 1120. The van der Waals surface area contributed by atoms with Crippen LogP contribution in [0, 0.1) is 20.2 Å². The maximum atomic E-state index is 11.3. The van der Waals surface area contributed by atoms with Crippen molar-refractivity contribution in [2.24, 2.45) is 0 Å². The minimum absolute atomic E-state index is 0.0358. The van der Waals surface area contributed by atoms with Crippen molar-refractivity contribution in [2.45, 2.75) is 122 Å². The molecule has 0 fully saturated rings. The molecule has 43 heavy (non-hydrogen) atoms. The zero-order chi connectivity index (χ0) is 32.0. The van der Waals surface area contributed by atoms with E-state index >= 15 is 0 Å². The Kier molecular flexibility index (Phi) is 18.9. The molecule has 2 aromatic rings. The largest absolute Gasteiger partial charge is 0.481 e. The van der Waals surface area contributed by atoms with Crippen LogP contribution in [0.2, 0.25) is 0 Å². The number of carboxylic acid groups (broad SMARTS) is 2. The van der Waals surface area contributed by atoms with Crippen LogP contribution in [0.15, 0.2) is 48.5 Å². The van der Waals surface area contributed by atoms with E-state index in [9.17, 15) is 29.8 Å². The molecule has 0 saturated heterocycles. The van der Waals surface area contributed by atoms with Crippen molar-refractivity contribution < 1.29 is 29.6 Å². The molecule has 2 unspecified atom stereocenters. The number of aliphatic carboxylic acids is 2. The van der Waals surface area contributed by atoms with Gasteiger partial charge in [-0.1, -0.05) is 114 Å². The molecular weight excluding hydrogens is 552 g/mol. The number of carbonyl (C=O) groups is 2. The molecule has 0 aliphatic rings. The summed E-state index contributed by atoms with van der Waals surface area (Å²) in [5.74, 6) is -2.49. The lowest BCUT2D eigenvalue weighted by molar-refractivity contribution is -0.385. The molecule has 2 aromatic carbocycles. The molecule has 0 amide bonds. The van der Waals surface area contributed by atoms with Crippen molar-refractivity contribution in [1.29, 1.82) is 0 Å².